The molecule has 0 saturated heterocycles. The Morgan fingerprint density at radius 1 is 1.38 bits per heavy atom. The van der Waals surface area contributed by atoms with E-state index in [4.69, 9.17) is 10.5 Å². The number of methoxy groups -OCH3 is 1. The van der Waals surface area contributed by atoms with E-state index in [0.29, 0.717) is 0 Å². The lowest BCUT2D eigenvalue weighted by molar-refractivity contribution is 0.414. The van der Waals surface area contributed by atoms with Gasteiger partial charge in [0.25, 0.3) is 0 Å². The van der Waals surface area contributed by atoms with Crippen LogP contribution in [0.2, 0.25) is 0 Å². The molecule has 0 spiro atoms. The van der Waals surface area contributed by atoms with Crippen LogP contribution in [0.1, 0.15) is 19.3 Å². The van der Waals surface area contributed by atoms with E-state index >= 15 is 0 Å². The van der Waals surface area contributed by atoms with Gasteiger partial charge in [0, 0.05) is 19.1 Å². The second kappa shape index (κ2) is 4.34. The van der Waals surface area contributed by atoms with Gasteiger partial charge in [0.15, 0.2) is 0 Å². The van der Waals surface area contributed by atoms with Gasteiger partial charge in [-0.3, -0.25) is 0 Å². The van der Waals surface area contributed by atoms with Gasteiger partial charge in [0.05, 0.1) is 12.8 Å². The summed E-state index contributed by atoms with van der Waals surface area (Å²) in [7, 11) is 3.79. The molecule has 0 atom stereocenters. The monoisotopic (exact) mass is 220 g/mol. The Morgan fingerprint density at radius 2 is 2.06 bits per heavy atom. The Morgan fingerprint density at radius 3 is 2.69 bits per heavy atom. The summed E-state index contributed by atoms with van der Waals surface area (Å²) in [5, 5.41) is 0. The van der Waals surface area contributed by atoms with Crippen LogP contribution in [0, 0.1) is 0 Å². The number of anilines is 1. The van der Waals surface area contributed by atoms with Crippen LogP contribution in [0.3, 0.4) is 0 Å². The molecule has 1 aromatic carbocycles. The molecule has 2 N–H and O–H groups in total. The average Bonchev–Trinajstić information content (AvgIpc) is 3.05. The van der Waals surface area contributed by atoms with Crippen molar-refractivity contribution in [3.05, 3.63) is 24.3 Å². The maximum Gasteiger partial charge on any atom is 0.142 e. The van der Waals surface area contributed by atoms with Gasteiger partial charge in [0.2, 0.25) is 0 Å². The van der Waals surface area contributed by atoms with Gasteiger partial charge in [0.1, 0.15) is 5.75 Å². The molecule has 3 nitrogen and oxygen atoms in total. The number of nitrogens with two attached hydrogens (primary N) is 1. The molecule has 1 fully saturated rings. The van der Waals surface area contributed by atoms with Crippen LogP contribution in [-0.4, -0.2) is 26.2 Å². The molecule has 0 radical (unpaired) electrons. The van der Waals surface area contributed by atoms with Crippen molar-refractivity contribution in [2.24, 2.45) is 5.73 Å². The minimum atomic E-state index is 0.121. The molecule has 2 rings (SSSR count). The largest absolute Gasteiger partial charge is 0.495 e. The highest BCUT2D eigenvalue weighted by Gasteiger charge is 2.37. The molecular formula is C13H20N2O. The minimum absolute atomic E-state index is 0.121. The molecule has 0 aromatic heterocycles. The Hall–Kier alpha value is -1.22. The predicted octanol–water partition coefficient (Wildman–Crippen LogP) is 2.01. The normalized spacial score (nSPS) is 16.9. The Bertz CT molecular complexity index is 361. The van der Waals surface area contributed by atoms with Gasteiger partial charge in [-0.05, 0) is 31.4 Å². The fourth-order valence-corrected chi connectivity index (χ4v) is 1.87. The van der Waals surface area contributed by atoms with Crippen LogP contribution in [0.4, 0.5) is 5.69 Å². The first-order valence-electron chi connectivity index (χ1n) is 5.78. The Labute approximate surface area is 97.2 Å². The van der Waals surface area contributed by atoms with Crippen LogP contribution in [-0.2, 0) is 0 Å². The van der Waals surface area contributed by atoms with Crippen molar-refractivity contribution < 1.29 is 4.74 Å². The topological polar surface area (TPSA) is 38.5 Å². The predicted molar refractivity (Wildman–Crippen MR) is 67.0 cm³/mol. The number of para-hydroxylation sites is 2. The molecule has 0 aliphatic heterocycles. The summed E-state index contributed by atoms with van der Waals surface area (Å²) >= 11 is 0. The van der Waals surface area contributed by atoms with Gasteiger partial charge in [-0.25, -0.2) is 0 Å². The third-order valence-corrected chi connectivity index (χ3v) is 3.33. The standard InChI is InChI=1S/C13H20N2O/c1-15(10-9-13(14)7-8-13)11-5-3-4-6-12(11)16-2/h3-6H,7-10,14H2,1-2H3. The smallest absolute Gasteiger partial charge is 0.142 e. The third kappa shape index (κ3) is 2.47. The number of benzene rings is 1. The molecule has 3 heteroatoms. The molecule has 88 valence electrons. The molecule has 0 unspecified atom stereocenters. The van der Waals surface area contributed by atoms with E-state index in [9.17, 15) is 0 Å². The van der Waals surface area contributed by atoms with Crippen molar-refractivity contribution >= 4 is 5.69 Å². The number of hydrogen-bond acceptors (Lipinski definition) is 3. The van der Waals surface area contributed by atoms with E-state index in [1.54, 1.807) is 7.11 Å². The van der Waals surface area contributed by atoms with Crippen molar-refractivity contribution in [2.45, 2.75) is 24.8 Å². The lowest BCUT2D eigenvalue weighted by atomic mass is 10.2. The van der Waals surface area contributed by atoms with Crippen molar-refractivity contribution in [2.75, 3.05) is 25.6 Å². The second-order valence-corrected chi connectivity index (χ2v) is 4.71. The van der Waals surface area contributed by atoms with Crippen LogP contribution in [0.15, 0.2) is 24.3 Å². The maximum absolute atomic E-state index is 6.09. The van der Waals surface area contributed by atoms with Crippen LogP contribution < -0.4 is 15.4 Å². The summed E-state index contributed by atoms with van der Waals surface area (Å²) in [6, 6.07) is 8.08. The van der Waals surface area contributed by atoms with Crippen molar-refractivity contribution in [1.29, 1.82) is 0 Å². The lowest BCUT2D eigenvalue weighted by Gasteiger charge is -2.23. The number of nitrogens with zero attached hydrogens (tertiary/aromatic N) is 1. The van der Waals surface area contributed by atoms with E-state index in [-0.39, 0.29) is 5.54 Å². The highest BCUT2D eigenvalue weighted by molar-refractivity contribution is 5.57. The zero-order chi connectivity index (χ0) is 11.6. The fourth-order valence-electron chi connectivity index (χ4n) is 1.87. The van der Waals surface area contributed by atoms with E-state index in [2.05, 4.69) is 18.0 Å². The molecule has 1 aliphatic carbocycles. The molecular weight excluding hydrogens is 200 g/mol. The van der Waals surface area contributed by atoms with Crippen molar-refractivity contribution in [3.63, 3.8) is 0 Å². The van der Waals surface area contributed by atoms with E-state index in [1.165, 1.54) is 12.8 Å². The molecule has 0 heterocycles. The number of ether oxygens (including phenoxy) is 1. The number of rotatable bonds is 5. The minimum Gasteiger partial charge on any atom is -0.495 e. The van der Waals surface area contributed by atoms with Gasteiger partial charge in [-0.1, -0.05) is 12.1 Å². The van der Waals surface area contributed by atoms with Gasteiger partial charge in [-0.15, -0.1) is 0 Å². The van der Waals surface area contributed by atoms with Crippen molar-refractivity contribution in [1.82, 2.24) is 0 Å². The Balaban J connectivity index is 1.99. The maximum atomic E-state index is 6.09. The van der Waals surface area contributed by atoms with Gasteiger partial charge < -0.3 is 15.4 Å². The van der Waals surface area contributed by atoms with Crippen molar-refractivity contribution in [3.8, 4) is 5.75 Å². The summed E-state index contributed by atoms with van der Waals surface area (Å²) in [5.41, 5.74) is 7.34. The molecule has 1 saturated carbocycles. The zero-order valence-electron chi connectivity index (χ0n) is 10.1. The van der Waals surface area contributed by atoms with E-state index in [0.717, 1.165) is 24.4 Å². The van der Waals surface area contributed by atoms with Crippen LogP contribution >= 0.6 is 0 Å². The second-order valence-electron chi connectivity index (χ2n) is 4.71. The number of hydrogen-bond donors (Lipinski definition) is 1. The molecule has 0 bridgehead atoms. The zero-order valence-corrected chi connectivity index (χ0v) is 10.1. The highest BCUT2D eigenvalue weighted by atomic mass is 16.5. The fraction of sp³-hybridized carbons (Fsp3) is 0.538. The van der Waals surface area contributed by atoms with E-state index < -0.39 is 0 Å². The summed E-state index contributed by atoms with van der Waals surface area (Å²) in [4.78, 5) is 2.21. The summed E-state index contributed by atoms with van der Waals surface area (Å²) in [6.45, 7) is 0.983. The van der Waals surface area contributed by atoms with Gasteiger partial charge in [-0.2, -0.15) is 0 Å². The lowest BCUT2D eigenvalue weighted by Crippen LogP contribution is -2.29. The third-order valence-electron chi connectivity index (χ3n) is 3.33. The summed E-state index contributed by atoms with van der Waals surface area (Å²) in [6.07, 6.45) is 3.40. The molecule has 1 aromatic rings. The SMILES string of the molecule is COc1ccccc1N(C)CCC1(N)CC1. The summed E-state index contributed by atoms with van der Waals surface area (Å²) < 4.78 is 5.34. The van der Waals surface area contributed by atoms with Gasteiger partial charge >= 0.3 is 0 Å². The molecule has 1 aliphatic rings. The first kappa shape index (κ1) is 11.3. The summed E-state index contributed by atoms with van der Waals surface area (Å²) in [5.74, 6) is 0.923. The molecule has 0 amide bonds. The quantitative estimate of drug-likeness (QED) is 0.825. The molecule has 16 heavy (non-hydrogen) atoms. The average molecular weight is 220 g/mol. The van der Waals surface area contributed by atoms with Crippen LogP contribution in [0.5, 0.6) is 5.75 Å². The highest BCUT2D eigenvalue weighted by Crippen LogP contribution is 2.36. The van der Waals surface area contributed by atoms with Crippen LogP contribution in [0.25, 0.3) is 0 Å². The Kier molecular flexibility index (Phi) is 3.06. The first-order valence-corrected chi connectivity index (χ1v) is 5.78. The van der Waals surface area contributed by atoms with E-state index in [1.807, 2.05) is 18.2 Å². The first-order chi connectivity index (χ1) is 7.64.